The maximum atomic E-state index is 13.1. The summed E-state index contributed by atoms with van der Waals surface area (Å²) in [5.74, 6) is -0.346. The first-order valence-electron chi connectivity index (χ1n) is 11.9. The Kier molecular flexibility index (Phi) is 8.80. The largest absolute Gasteiger partial charge is 0.495 e. The number of halogens is 1. The lowest BCUT2D eigenvalue weighted by Crippen LogP contribution is -2.40. The van der Waals surface area contributed by atoms with Crippen LogP contribution in [0.4, 0.5) is 16.2 Å². The van der Waals surface area contributed by atoms with E-state index in [2.05, 4.69) is 31.5 Å². The van der Waals surface area contributed by atoms with Crippen LogP contribution in [0.25, 0.3) is 0 Å². The Morgan fingerprint density at radius 1 is 1.11 bits per heavy atom. The summed E-state index contributed by atoms with van der Waals surface area (Å²) in [6, 6.07) is 14.9. The third-order valence-corrected chi connectivity index (χ3v) is 6.79. The minimum atomic E-state index is -1.05. The van der Waals surface area contributed by atoms with Crippen LogP contribution in [0.2, 0.25) is 0 Å². The van der Waals surface area contributed by atoms with Gasteiger partial charge in [0, 0.05) is 23.3 Å². The van der Waals surface area contributed by atoms with Gasteiger partial charge in [-0.05, 0) is 64.7 Å². The Balaban J connectivity index is 1.34. The topological polar surface area (TPSA) is 130 Å². The minimum Gasteiger partial charge on any atom is -0.495 e. The van der Waals surface area contributed by atoms with Gasteiger partial charge in [0.2, 0.25) is 11.8 Å². The van der Waals surface area contributed by atoms with Crippen LogP contribution in [0.15, 0.2) is 65.3 Å². The van der Waals surface area contributed by atoms with Gasteiger partial charge >= 0.3 is 12.0 Å². The molecule has 3 aromatic rings. The highest BCUT2D eigenvalue weighted by Gasteiger charge is 2.29. The molecule has 0 radical (unpaired) electrons. The van der Waals surface area contributed by atoms with Gasteiger partial charge in [0.1, 0.15) is 12.4 Å². The third kappa shape index (κ3) is 6.80. The first-order chi connectivity index (χ1) is 18.3. The van der Waals surface area contributed by atoms with Crippen molar-refractivity contribution in [2.24, 2.45) is 0 Å². The normalized spacial score (nSPS) is 14.6. The monoisotopic (exact) mass is 582 g/mol. The fourth-order valence-electron chi connectivity index (χ4n) is 4.17. The van der Waals surface area contributed by atoms with E-state index in [4.69, 9.17) is 14.6 Å². The Morgan fingerprint density at radius 2 is 1.89 bits per heavy atom. The number of likely N-dealkylation sites (tertiary alicyclic amines) is 1. The van der Waals surface area contributed by atoms with Crippen molar-refractivity contribution in [3.05, 3.63) is 76.4 Å². The molecule has 1 unspecified atom stereocenters. The number of nitrogens with zero attached hydrogens (tertiary/aromatic N) is 2. The van der Waals surface area contributed by atoms with Crippen LogP contribution in [0.5, 0.6) is 11.6 Å². The standard InChI is InChI=1S/C27H27BrN4O6/c1-37-23-13-17(8-10-22(23)31-27(36)30-21-7-3-2-6-20(21)28)14-25(33)32-12-4-5-19(32)16-38-24-11-9-18(15-29-24)26(34)35/h2-3,6-11,13,15,19H,4-5,12,14,16H2,1H3,(H,34,35)(H2,30,31,36). The smallest absolute Gasteiger partial charge is 0.337 e. The van der Waals surface area contributed by atoms with Crippen molar-refractivity contribution in [3.63, 3.8) is 0 Å². The quantitative estimate of drug-likeness (QED) is 0.330. The van der Waals surface area contributed by atoms with Crippen molar-refractivity contribution in [3.8, 4) is 11.6 Å². The summed E-state index contributed by atoms with van der Waals surface area (Å²) >= 11 is 3.40. The van der Waals surface area contributed by atoms with E-state index in [0.717, 1.165) is 22.9 Å². The maximum Gasteiger partial charge on any atom is 0.337 e. The molecule has 1 aliphatic heterocycles. The van der Waals surface area contributed by atoms with Crippen molar-refractivity contribution < 1.29 is 29.0 Å². The van der Waals surface area contributed by atoms with E-state index in [9.17, 15) is 14.4 Å². The van der Waals surface area contributed by atoms with E-state index in [1.807, 2.05) is 18.2 Å². The molecule has 38 heavy (non-hydrogen) atoms. The molecular weight excluding hydrogens is 556 g/mol. The van der Waals surface area contributed by atoms with E-state index in [1.54, 1.807) is 29.2 Å². The minimum absolute atomic E-state index is 0.0419. The van der Waals surface area contributed by atoms with Crippen LogP contribution in [0, 0.1) is 0 Å². The molecule has 3 N–H and O–H groups in total. The van der Waals surface area contributed by atoms with Gasteiger partial charge < -0.3 is 30.1 Å². The molecule has 0 spiro atoms. The first kappa shape index (κ1) is 26.9. The van der Waals surface area contributed by atoms with Gasteiger partial charge in [0.25, 0.3) is 0 Å². The molecule has 4 rings (SSSR count). The van der Waals surface area contributed by atoms with Crippen LogP contribution >= 0.6 is 15.9 Å². The highest BCUT2D eigenvalue weighted by Crippen LogP contribution is 2.28. The van der Waals surface area contributed by atoms with Gasteiger partial charge in [-0.25, -0.2) is 14.6 Å². The number of hydrogen-bond donors (Lipinski definition) is 3. The van der Waals surface area contributed by atoms with Crippen molar-refractivity contribution >= 4 is 45.2 Å². The number of rotatable bonds is 9. The zero-order valence-corrected chi connectivity index (χ0v) is 22.2. The summed E-state index contributed by atoms with van der Waals surface area (Å²) in [6.45, 7) is 0.897. The number of aromatic nitrogens is 1. The molecule has 0 aliphatic carbocycles. The molecule has 11 heteroatoms. The first-order valence-corrected chi connectivity index (χ1v) is 12.7. The van der Waals surface area contributed by atoms with Crippen molar-refractivity contribution in [2.75, 3.05) is 30.9 Å². The number of ether oxygens (including phenoxy) is 2. The molecule has 2 aromatic carbocycles. The molecule has 3 amide bonds. The van der Waals surface area contributed by atoms with Gasteiger partial charge in [-0.2, -0.15) is 0 Å². The fraction of sp³-hybridized carbons (Fsp3) is 0.259. The Hall–Kier alpha value is -4.12. The molecule has 1 atom stereocenters. The molecular formula is C27H27BrN4O6. The average Bonchev–Trinajstić information content (AvgIpc) is 3.39. The van der Waals surface area contributed by atoms with Gasteiger partial charge in [-0.15, -0.1) is 0 Å². The van der Waals surface area contributed by atoms with Crippen molar-refractivity contribution in [1.29, 1.82) is 0 Å². The van der Waals surface area contributed by atoms with E-state index in [-0.39, 0.29) is 30.5 Å². The number of nitrogens with one attached hydrogen (secondary N) is 2. The number of aromatic carboxylic acids is 1. The number of hydrogen-bond acceptors (Lipinski definition) is 6. The number of pyridine rings is 1. The summed E-state index contributed by atoms with van der Waals surface area (Å²) in [5, 5.41) is 14.5. The van der Waals surface area contributed by atoms with E-state index in [0.29, 0.717) is 29.5 Å². The summed E-state index contributed by atoms with van der Waals surface area (Å²) in [6.07, 6.45) is 3.08. The van der Waals surface area contributed by atoms with Crippen LogP contribution in [-0.2, 0) is 11.2 Å². The number of benzene rings is 2. The highest BCUT2D eigenvalue weighted by atomic mass is 79.9. The van der Waals surface area contributed by atoms with Crippen molar-refractivity contribution in [2.45, 2.75) is 25.3 Å². The highest BCUT2D eigenvalue weighted by molar-refractivity contribution is 9.10. The Morgan fingerprint density at radius 3 is 2.61 bits per heavy atom. The molecule has 0 bridgehead atoms. The molecule has 1 aromatic heterocycles. The van der Waals surface area contributed by atoms with Gasteiger partial charge in [-0.3, -0.25) is 4.79 Å². The summed E-state index contributed by atoms with van der Waals surface area (Å²) in [5.41, 5.74) is 1.93. The van der Waals surface area contributed by atoms with Crippen LogP contribution in [0.1, 0.15) is 28.8 Å². The molecule has 2 heterocycles. The second-order valence-corrected chi connectivity index (χ2v) is 9.51. The molecule has 0 saturated carbocycles. The summed E-state index contributed by atoms with van der Waals surface area (Å²) in [4.78, 5) is 42.4. The third-order valence-electron chi connectivity index (χ3n) is 6.10. The van der Waals surface area contributed by atoms with Gasteiger partial charge in [-0.1, -0.05) is 18.2 Å². The average molecular weight is 583 g/mol. The number of amides is 3. The number of carbonyl (C=O) groups excluding carboxylic acids is 2. The number of methoxy groups -OCH3 is 1. The van der Waals surface area contributed by atoms with E-state index in [1.165, 1.54) is 25.4 Å². The zero-order chi connectivity index (χ0) is 27.1. The number of carboxylic acid groups (broad SMARTS) is 1. The van der Waals surface area contributed by atoms with Crippen molar-refractivity contribution in [1.82, 2.24) is 9.88 Å². The zero-order valence-electron chi connectivity index (χ0n) is 20.6. The molecule has 10 nitrogen and oxygen atoms in total. The number of para-hydroxylation sites is 1. The second kappa shape index (κ2) is 12.4. The number of carboxylic acids is 1. The lowest BCUT2D eigenvalue weighted by molar-refractivity contribution is -0.131. The van der Waals surface area contributed by atoms with Crippen LogP contribution in [-0.4, -0.2) is 59.2 Å². The molecule has 1 saturated heterocycles. The van der Waals surface area contributed by atoms with Crippen LogP contribution < -0.4 is 20.1 Å². The molecule has 198 valence electrons. The number of urea groups is 1. The maximum absolute atomic E-state index is 13.1. The number of carbonyl (C=O) groups is 3. The Bertz CT molecular complexity index is 1320. The Labute approximate surface area is 228 Å². The molecule has 1 aliphatic rings. The SMILES string of the molecule is COc1cc(CC(=O)N2CCCC2COc2ccc(C(=O)O)cn2)ccc1NC(=O)Nc1ccccc1Br. The number of anilines is 2. The lowest BCUT2D eigenvalue weighted by Gasteiger charge is -2.25. The van der Waals surface area contributed by atoms with E-state index < -0.39 is 12.0 Å². The van der Waals surface area contributed by atoms with Gasteiger partial charge in [0.15, 0.2) is 0 Å². The van der Waals surface area contributed by atoms with E-state index >= 15 is 0 Å². The van der Waals surface area contributed by atoms with Crippen LogP contribution in [0.3, 0.4) is 0 Å². The fourth-order valence-corrected chi connectivity index (χ4v) is 4.56. The lowest BCUT2D eigenvalue weighted by atomic mass is 10.1. The predicted molar refractivity (Wildman–Crippen MR) is 145 cm³/mol. The molecule has 1 fully saturated rings. The van der Waals surface area contributed by atoms with Gasteiger partial charge in [0.05, 0.1) is 36.5 Å². The summed E-state index contributed by atoms with van der Waals surface area (Å²) in [7, 11) is 1.50. The predicted octanol–water partition coefficient (Wildman–Crippen LogP) is 4.81. The summed E-state index contributed by atoms with van der Waals surface area (Å²) < 4.78 is 11.9. The second-order valence-electron chi connectivity index (χ2n) is 8.65.